The maximum Gasteiger partial charge on any atom is 0.252 e. The van der Waals surface area contributed by atoms with Crippen molar-refractivity contribution >= 4 is 124 Å². The van der Waals surface area contributed by atoms with Crippen LogP contribution >= 0.6 is 0 Å². The quantitative estimate of drug-likeness (QED) is 0.164. The van der Waals surface area contributed by atoms with Gasteiger partial charge in [-0.15, -0.1) is 0 Å². The van der Waals surface area contributed by atoms with Crippen molar-refractivity contribution in [1.82, 2.24) is 9.13 Å². The van der Waals surface area contributed by atoms with Gasteiger partial charge in [0.05, 0.1) is 11.0 Å². The van der Waals surface area contributed by atoms with Gasteiger partial charge in [-0.3, -0.25) is 0 Å². The second-order valence-corrected chi connectivity index (χ2v) is 20.0. The average Bonchev–Trinajstić information content (AvgIpc) is 3.98. The van der Waals surface area contributed by atoms with Crippen molar-refractivity contribution in [3.8, 4) is 33.6 Å². The molecule has 4 nitrogen and oxygen atoms in total. The monoisotopic (exact) mass is 910 g/mol. The molecule has 72 heavy (non-hydrogen) atoms. The third-order valence-corrected chi connectivity index (χ3v) is 16.4. The van der Waals surface area contributed by atoms with Gasteiger partial charge in [-0.25, -0.2) is 0 Å². The second-order valence-electron chi connectivity index (χ2n) is 20.0. The van der Waals surface area contributed by atoms with Gasteiger partial charge in [0.2, 0.25) is 0 Å². The molecule has 4 aliphatic rings. The van der Waals surface area contributed by atoms with Crippen molar-refractivity contribution < 1.29 is 0 Å². The summed E-state index contributed by atoms with van der Waals surface area (Å²) in [4.78, 5) is 5.16. The number of benzene rings is 11. The fourth-order valence-electron chi connectivity index (χ4n) is 13.6. The molecule has 0 atom stereocenters. The molecule has 11 aromatic carbocycles. The van der Waals surface area contributed by atoms with Crippen molar-refractivity contribution in [2.24, 2.45) is 0 Å². The van der Waals surface area contributed by atoms with Crippen molar-refractivity contribution in [2.45, 2.75) is 0 Å². The molecular weight excluding hydrogens is 870 g/mol. The van der Waals surface area contributed by atoms with E-state index >= 15 is 0 Å². The third-order valence-electron chi connectivity index (χ3n) is 16.4. The van der Waals surface area contributed by atoms with Crippen LogP contribution in [0.25, 0.3) is 77.2 Å². The number of hydrogen-bond donors (Lipinski definition) is 0. The van der Waals surface area contributed by atoms with Crippen molar-refractivity contribution in [3.63, 3.8) is 0 Å². The molecule has 0 saturated heterocycles. The minimum absolute atomic E-state index is 0.0436. The van der Waals surface area contributed by atoms with Gasteiger partial charge in [-0.05, 0) is 122 Å². The zero-order chi connectivity index (χ0) is 46.8. The summed E-state index contributed by atoms with van der Waals surface area (Å²) in [6.45, 7) is -0.0872. The molecule has 6 heteroatoms. The second kappa shape index (κ2) is 14.2. The lowest BCUT2D eigenvalue weighted by Crippen LogP contribution is -2.64. The van der Waals surface area contributed by atoms with Crippen LogP contribution in [0.4, 0.5) is 34.1 Å². The zero-order valence-electron chi connectivity index (χ0n) is 39.0. The number of fused-ring (bicyclic) bond motifs is 14. The summed E-state index contributed by atoms with van der Waals surface area (Å²) < 4.78 is 5.16. The van der Waals surface area contributed by atoms with Crippen molar-refractivity contribution in [2.75, 3.05) is 9.80 Å². The van der Waals surface area contributed by atoms with Crippen LogP contribution in [-0.2, 0) is 0 Å². The van der Waals surface area contributed by atoms with Crippen LogP contribution in [0, 0.1) is 0 Å². The summed E-state index contributed by atoms with van der Waals surface area (Å²) in [7, 11) is 0. The van der Waals surface area contributed by atoms with Crippen molar-refractivity contribution in [3.05, 3.63) is 243 Å². The van der Waals surface area contributed by atoms with Crippen LogP contribution in [0.1, 0.15) is 0 Å². The van der Waals surface area contributed by atoms with Gasteiger partial charge in [0.1, 0.15) is 0 Å². The molecule has 0 spiro atoms. The maximum atomic E-state index is 2.65. The Bertz CT molecular complexity index is 4180. The molecule has 0 unspecified atom stereocenters. The van der Waals surface area contributed by atoms with Crippen LogP contribution in [0.2, 0.25) is 0 Å². The van der Waals surface area contributed by atoms with Gasteiger partial charge in [-0.2, -0.15) is 0 Å². The Morgan fingerprint density at radius 3 is 1.07 bits per heavy atom. The van der Waals surface area contributed by atoms with E-state index in [1.807, 2.05) is 0 Å². The Morgan fingerprint density at radius 1 is 0.250 bits per heavy atom. The molecule has 2 aromatic heterocycles. The number of hydrogen-bond acceptors (Lipinski definition) is 2. The maximum absolute atomic E-state index is 2.65. The van der Waals surface area contributed by atoms with Gasteiger partial charge in [0.25, 0.3) is 13.4 Å². The number of rotatable bonds is 4. The van der Waals surface area contributed by atoms with E-state index in [9.17, 15) is 0 Å². The van der Waals surface area contributed by atoms with E-state index in [1.54, 1.807) is 0 Å². The number of aromatic nitrogens is 2. The van der Waals surface area contributed by atoms with E-state index in [-0.39, 0.29) is 13.4 Å². The summed E-state index contributed by atoms with van der Waals surface area (Å²) in [6, 6.07) is 91.2. The van der Waals surface area contributed by atoms with Gasteiger partial charge in [0, 0.05) is 78.1 Å². The molecule has 0 bridgehead atoms. The van der Waals surface area contributed by atoms with E-state index in [4.69, 9.17) is 0 Å². The number of anilines is 6. The Morgan fingerprint density at radius 2 is 0.625 bits per heavy atom. The molecule has 0 aliphatic carbocycles. The van der Waals surface area contributed by atoms with E-state index < -0.39 is 0 Å². The molecule has 6 heterocycles. The summed E-state index contributed by atoms with van der Waals surface area (Å²) in [6.07, 6.45) is 0. The lowest BCUT2D eigenvalue weighted by molar-refractivity contribution is 1.17. The van der Waals surface area contributed by atoms with Gasteiger partial charge in [-0.1, -0.05) is 176 Å². The highest BCUT2D eigenvalue weighted by atomic mass is 15.2. The summed E-state index contributed by atoms with van der Waals surface area (Å²) in [5.74, 6) is 0. The third kappa shape index (κ3) is 4.98. The molecule has 17 rings (SSSR count). The minimum Gasteiger partial charge on any atom is -0.311 e. The molecule has 0 fully saturated rings. The highest BCUT2D eigenvalue weighted by molar-refractivity contribution is 7.03. The van der Waals surface area contributed by atoms with Crippen LogP contribution in [0.5, 0.6) is 0 Å². The largest absolute Gasteiger partial charge is 0.311 e. The molecule has 0 saturated carbocycles. The predicted octanol–water partition coefficient (Wildman–Crippen LogP) is 12.4. The fraction of sp³-hybridized carbons (Fsp3) is 0. The Balaban J connectivity index is 1.04. The van der Waals surface area contributed by atoms with E-state index in [1.165, 1.54) is 133 Å². The lowest BCUT2D eigenvalue weighted by atomic mass is 9.30. The SMILES string of the molecule is c1ccc(-c2cc3c4c(c2)-n2c5ccccc5c5cccc(c52)B4c2cc4c(cc2N3c2ccccc2)N(c2ccccc2)c2cc(-c3ccccc3)cc3c2B4c2cccc4c5ccccc5n-3c24)cc1. The van der Waals surface area contributed by atoms with E-state index in [2.05, 4.69) is 262 Å². The van der Waals surface area contributed by atoms with Crippen LogP contribution < -0.4 is 42.6 Å². The van der Waals surface area contributed by atoms with Crippen LogP contribution in [-0.4, -0.2) is 22.6 Å². The van der Waals surface area contributed by atoms with Gasteiger partial charge >= 0.3 is 0 Å². The Labute approximate surface area is 417 Å². The molecule has 330 valence electrons. The Kier molecular flexibility index (Phi) is 7.60. The summed E-state index contributed by atoms with van der Waals surface area (Å²) >= 11 is 0. The van der Waals surface area contributed by atoms with Crippen LogP contribution in [0.3, 0.4) is 0 Å². The highest BCUT2D eigenvalue weighted by Gasteiger charge is 2.47. The lowest BCUT2D eigenvalue weighted by Gasteiger charge is -2.44. The first kappa shape index (κ1) is 38.6. The fourth-order valence-corrected chi connectivity index (χ4v) is 13.6. The smallest absolute Gasteiger partial charge is 0.252 e. The first-order valence-corrected chi connectivity index (χ1v) is 25.2. The standard InChI is InChI=1S/C66H40B2N4/c1-5-19-41(20-6-1)43-35-59-63-61(37-43)71-55-33-15-13-27-47(55)49-29-17-31-51(65(49)71)67(63)53-39-54-58(40-57(53)69(59)45-23-9-3-10-24-45)70(46-25-11-4-12-26-46)60-36-44(42-21-7-2-8-22-42)38-62-64(60)68(54)52-32-18-30-50-48-28-14-16-34-56(48)72(62)66(50)52/h1-40H. The molecule has 4 aliphatic heterocycles. The van der Waals surface area contributed by atoms with Crippen LogP contribution in [0.15, 0.2) is 243 Å². The van der Waals surface area contributed by atoms with Gasteiger partial charge in [0.15, 0.2) is 0 Å². The summed E-state index contributed by atoms with van der Waals surface area (Å²) in [5, 5.41) is 5.14. The predicted molar refractivity (Wildman–Crippen MR) is 305 cm³/mol. The first-order chi connectivity index (χ1) is 35.8. The topological polar surface area (TPSA) is 16.3 Å². The molecule has 0 amide bonds. The Hall–Kier alpha value is -9.25. The molecule has 13 aromatic rings. The average molecular weight is 911 g/mol. The van der Waals surface area contributed by atoms with Crippen molar-refractivity contribution in [1.29, 1.82) is 0 Å². The highest BCUT2D eigenvalue weighted by Crippen LogP contribution is 2.48. The van der Waals surface area contributed by atoms with Gasteiger partial charge < -0.3 is 18.9 Å². The normalized spacial score (nSPS) is 13.4. The molecule has 0 radical (unpaired) electrons. The minimum atomic E-state index is -0.0436. The molecule has 0 N–H and O–H groups in total. The number of nitrogens with zero attached hydrogens (tertiary/aromatic N) is 4. The van der Waals surface area contributed by atoms with E-state index in [0.717, 1.165) is 11.4 Å². The zero-order valence-corrected chi connectivity index (χ0v) is 39.0. The molecular formula is C66H40B2N4. The van der Waals surface area contributed by atoms with E-state index in [0.29, 0.717) is 0 Å². The summed E-state index contributed by atoms with van der Waals surface area (Å²) in [5.41, 5.74) is 27.4. The number of para-hydroxylation sites is 6. The first-order valence-electron chi connectivity index (χ1n) is 25.2.